The van der Waals surface area contributed by atoms with Crippen LogP contribution < -0.4 is 0 Å². The molecular formula is C29H53N. The molecule has 0 amide bonds. The van der Waals surface area contributed by atoms with E-state index in [2.05, 4.69) is 56.0 Å². The molecule has 0 aliphatic rings. The molecule has 0 radical (unpaired) electrons. The lowest BCUT2D eigenvalue weighted by molar-refractivity contribution is 0.204. The van der Waals surface area contributed by atoms with E-state index < -0.39 is 0 Å². The monoisotopic (exact) mass is 415 g/mol. The van der Waals surface area contributed by atoms with Crippen molar-refractivity contribution >= 4 is 0 Å². The number of hydrogen-bond acceptors (Lipinski definition) is 1. The number of unbranched alkanes of at least 4 members (excludes halogenated alkanes) is 15. The molecule has 1 atom stereocenters. The Kier molecular flexibility index (Phi) is 18.2. The van der Waals surface area contributed by atoms with Gasteiger partial charge in [-0.05, 0) is 25.1 Å². The summed E-state index contributed by atoms with van der Waals surface area (Å²) in [6, 6.07) is 11.8. The first kappa shape index (κ1) is 27.2. The van der Waals surface area contributed by atoms with Crippen LogP contribution in [0.5, 0.6) is 0 Å². The Labute approximate surface area is 190 Å². The summed E-state index contributed by atoms with van der Waals surface area (Å²) in [7, 11) is 0. The zero-order valence-corrected chi connectivity index (χ0v) is 20.8. The van der Waals surface area contributed by atoms with Gasteiger partial charge in [0.1, 0.15) is 0 Å². The van der Waals surface area contributed by atoms with Gasteiger partial charge in [-0.2, -0.15) is 0 Å². The molecule has 0 saturated heterocycles. The summed E-state index contributed by atoms with van der Waals surface area (Å²) < 4.78 is 0. The van der Waals surface area contributed by atoms with Crippen molar-refractivity contribution in [2.24, 2.45) is 0 Å². The third-order valence-corrected chi connectivity index (χ3v) is 6.77. The van der Waals surface area contributed by atoms with Gasteiger partial charge in [-0.15, -0.1) is 0 Å². The molecule has 1 nitrogen and oxygen atoms in total. The number of benzene rings is 1. The summed E-state index contributed by atoms with van der Waals surface area (Å²) in [5.41, 5.74) is 1.50. The smallest absolute Gasteiger partial charge is 0.0347 e. The maximum atomic E-state index is 2.63. The number of hydrogen-bond donors (Lipinski definition) is 0. The lowest BCUT2D eigenvalue weighted by Crippen LogP contribution is -2.28. The molecule has 0 N–H and O–H groups in total. The third kappa shape index (κ3) is 13.5. The van der Waals surface area contributed by atoms with Gasteiger partial charge in [-0.1, -0.05) is 154 Å². The molecule has 0 saturated carbocycles. The molecule has 0 aliphatic heterocycles. The molecule has 30 heavy (non-hydrogen) atoms. The van der Waals surface area contributed by atoms with E-state index in [-0.39, 0.29) is 0 Å². The highest BCUT2D eigenvalue weighted by atomic mass is 15.1. The molecule has 0 fully saturated rings. The van der Waals surface area contributed by atoms with Gasteiger partial charge in [-0.25, -0.2) is 0 Å². The van der Waals surface area contributed by atoms with E-state index in [9.17, 15) is 0 Å². The van der Waals surface area contributed by atoms with E-state index in [1.165, 1.54) is 115 Å². The van der Waals surface area contributed by atoms with Gasteiger partial charge < -0.3 is 0 Å². The largest absolute Gasteiger partial charge is 0.297 e. The zero-order chi connectivity index (χ0) is 21.7. The van der Waals surface area contributed by atoms with Crippen LogP contribution in [0.25, 0.3) is 0 Å². The van der Waals surface area contributed by atoms with Gasteiger partial charge in [0.25, 0.3) is 0 Å². The van der Waals surface area contributed by atoms with Gasteiger partial charge in [0.15, 0.2) is 0 Å². The minimum Gasteiger partial charge on any atom is -0.297 e. The Morgan fingerprint density at radius 3 is 1.33 bits per heavy atom. The highest BCUT2D eigenvalue weighted by molar-refractivity contribution is 5.19. The Balaban J connectivity index is 1.98. The van der Waals surface area contributed by atoms with Crippen LogP contribution in [0.3, 0.4) is 0 Å². The molecule has 1 heteroatoms. The van der Waals surface area contributed by atoms with Crippen LogP contribution in [0.1, 0.15) is 142 Å². The summed E-state index contributed by atoms with van der Waals surface area (Å²) >= 11 is 0. The number of nitrogens with zero attached hydrogens (tertiary/aromatic N) is 1. The van der Waals surface area contributed by atoms with Gasteiger partial charge >= 0.3 is 0 Å². The molecule has 174 valence electrons. The van der Waals surface area contributed by atoms with Gasteiger partial charge in [0.2, 0.25) is 0 Å². The Morgan fingerprint density at radius 2 is 0.933 bits per heavy atom. The molecule has 0 heterocycles. The molecule has 1 aromatic carbocycles. The summed E-state index contributed by atoms with van der Waals surface area (Å²) in [4.78, 5) is 2.63. The highest BCUT2D eigenvalue weighted by Crippen LogP contribution is 2.26. The van der Waals surface area contributed by atoms with Crippen molar-refractivity contribution in [3.05, 3.63) is 35.9 Å². The first-order valence-corrected chi connectivity index (χ1v) is 13.6. The molecule has 0 spiro atoms. The summed E-state index contributed by atoms with van der Waals surface area (Å²) in [5, 5.41) is 0. The lowest BCUT2D eigenvalue weighted by atomic mass is 9.97. The average molecular weight is 416 g/mol. The summed E-state index contributed by atoms with van der Waals surface area (Å²) in [5.74, 6) is 0. The predicted molar refractivity (Wildman–Crippen MR) is 136 cm³/mol. The third-order valence-electron chi connectivity index (χ3n) is 6.77. The van der Waals surface area contributed by atoms with E-state index >= 15 is 0 Å². The molecular weight excluding hydrogens is 362 g/mol. The fourth-order valence-corrected chi connectivity index (χ4v) is 4.79. The maximum Gasteiger partial charge on any atom is 0.0347 e. The quantitative estimate of drug-likeness (QED) is 0.181. The minimum atomic E-state index is 0.604. The van der Waals surface area contributed by atoms with Crippen LogP contribution in [0, 0.1) is 0 Å². The van der Waals surface area contributed by atoms with Crippen molar-refractivity contribution in [3.63, 3.8) is 0 Å². The van der Waals surface area contributed by atoms with Crippen LogP contribution in [-0.4, -0.2) is 18.0 Å². The topological polar surface area (TPSA) is 3.24 Å². The van der Waals surface area contributed by atoms with Crippen LogP contribution in [0.4, 0.5) is 0 Å². The second kappa shape index (κ2) is 20.1. The predicted octanol–water partition coefficient (Wildman–Crippen LogP) is 9.72. The Bertz CT molecular complexity index is 451. The Hall–Kier alpha value is -0.820. The Morgan fingerprint density at radius 1 is 0.533 bits per heavy atom. The fourth-order valence-electron chi connectivity index (χ4n) is 4.79. The molecule has 0 aliphatic carbocycles. The molecule has 0 aromatic heterocycles. The van der Waals surface area contributed by atoms with Crippen molar-refractivity contribution < 1.29 is 0 Å². The second-order valence-electron chi connectivity index (χ2n) is 9.24. The normalized spacial score (nSPS) is 12.5. The van der Waals surface area contributed by atoms with Crippen LogP contribution in [-0.2, 0) is 0 Å². The first-order valence-electron chi connectivity index (χ1n) is 13.6. The van der Waals surface area contributed by atoms with Crippen molar-refractivity contribution in [3.8, 4) is 0 Å². The van der Waals surface area contributed by atoms with Crippen LogP contribution in [0.15, 0.2) is 30.3 Å². The van der Waals surface area contributed by atoms with Crippen molar-refractivity contribution in [2.45, 2.75) is 136 Å². The zero-order valence-electron chi connectivity index (χ0n) is 20.8. The second-order valence-corrected chi connectivity index (χ2v) is 9.24. The SMILES string of the molecule is CCCCCCCCCCCCCCCCCCC(c1ccccc1)N(CC)CC. The van der Waals surface area contributed by atoms with Gasteiger partial charge in [0, 0.05) is 6.04 Å². The molecule has 1 rings (SSSR count). The maximum absolute atomic E-state index is 2.63. The minimum absolute atomic E-state index is 0.604. The number of rotatable bonds is 21. The molecule has 1 unspecified atom stereocenters. The summed E-state index contributed by atoms with van der Waals surface area (Å²) in [6.07, 6.45) is 24.4. The van der Waals surface area contributed by atoms with E-state index in [1.54, 1.807) is 0 Å². The lowest BCUT2D eigenvalue weighted by Gasteiger charge is -2.30. The highest BCUT2D eigenvalue weighted by Gasteiger charge is 2.16. The molecule has 1 aromatic rings. The van der Waals surface area contributed by atoms with E-state index in [0.717, 1.165) is 13.1 Å². The average Bonchev–Trinajstić information content (AvgIpc) is 2.78. The van der Waals surface area contributed by atoms with Crippen molar-refractivity contribution in [2.75, 3.05) is 13.1 Å². The van der Waals surface area contributed by atoms with Crippen LogP contribution in [0.2, 0.25) is 0 Å². The first-order chi connectivity index (χ1) is 14.8. The van der Waals surface area contributed by atoms with Crippen molar-refractivity contribution in [1.82, 2.24) is 4.90 Å². The fraction of sp³-hybridized carbons (Fsp3) is 0.793. The molecule has 0 bridgehead atoms. The summed E-state index contributed by atoms with van der Waals surface area (Å²) in [6.45, 7) is 9.19. The van der Waals surface area contributed by atoms with Gasteiger partial charge in [-0.3, -0.25) is 4.90 Å². The van der Waals surface area contributed by atoms with E-state index in [4.69, 9.17) is 0 Å². The van der Waals surface area contributed by atoms with Crippen molar-refractivity contribution in [1.29, 1.82) is 0 Å². The van der Waals surface area contributed by atoms with Crippen LogP contribution >= 0.6 is 0 Å². The standard InChI is InChI=1S/C29H53N/c1-4-7-8-9-10-11-12-13-14-15-16-17-18-19-20-24-27-29(30(5-2)6-3)28-25-22-21-23-26-28/h21-23,25-26,29H,4-20,24,27H2,1-3H3. The van der Waals surface area contributed by atoms with E-state index in [0.29, 0.717) is 6.04 Å². The van der Waals surface area contributed by atoms with E-state index in [1.807, 2.05) is 0 Å². The van der Waals surface area contributed by atoms with Gasteiger partial charge in [0.05, 0.1) is 0 Å².